The average molecular weight is 411 g/mol. The molecule has 1 amide bonds. The fourth-order valence-electron chi connectivity index (χ4n) is 2.82. The van der Waals surface area contributed by atoms with Gasteiger partial charge >= 0.3 is 11.6 Å². The lowest BCUT2D eigenvalue weighted by atomic mass is 10.1. The van der Waals surface area contributed by atoms with Gasteiger partial charge in [0.05, 0.1) is 7.11 Å². The quantitative estimate of drug-likeness (QED) is 0.448. The van der Waals surface area contributed by atoms with Crippen LogP contribution in [0.25, 0.3) is 11.0 Å². The van der Waals surface area contributed by atoms with Crippen LogP contribution in [0.15, 0.2) is 57.7 Å². The summed E-state index contributed by atoms with van der Waals surface area (Å²) < 4.78 is 20.6. The molecule has 1 heterocycles. The Morgan fingerprint density at radius 2 is 1.87 bits per heavy atom. The van der Waals surface area contributed by atoms with Gasteiger partial charge in [-0.2, -0.15) is 0 Å². The van der Waals surface area contributed by atoms with Crippen LogP contribution in [0, 0.1) is 6.92 Å². The van der Waals surface area contributed by atoms with E-state index in [0.29, 0.717) is 17.1 Å². The zero-order chi connectivity index (χ0) is 21.5. The van der Waals surface area contributed by atoms with E-state index in [1.54, 1.807) is 32.2 Å². The van der Waals surface area contributed by atoms with Crippen LogP contribution in [0.3, 0.4) is 0 Å². The number of nitrogens with one attached hydrogen (secondary N) is 1. The fraction of sp³-hybridized carbons (Fsp3) is 0.227. The Hall–Kier alpha value is -3.81. The summed E-state index contributed by atoms with van der Waals surface area (Å²) in [7, 11) is 1.55. The highest BCUT2D eigenvalue weighted by Crippen LogP contribution is 2.22. The normalized spacial score (nSPS) is 10.5. The second-order valence-corrected chi connectivity index (χ2v) is 6.44. The van der Waals surface area contributed by atoms with E-state index in [1.807, 2.05) is 18.2 Å². The number of amides is 1. The minimum absolute atomic E-state index is 0.249. The summed E-state index contributed by atoms with van der Waals surface area (Å²) in [6.07, 6.45) is 0. The predicted molar refractivity (Wildman–Crippen MR) is 109 cm³/mol. The van der Waals surface area contributed by atoms with Crippen molar-refractivity contribution in [2.45, 2.75) is 13.5 Å². The molecular formula is C22H21NO7. The molecule has 2 aromatic carbocycles. The second-order valence-electron chi connectivity index (χ2n) is 6.44. The van der Waals surface area contributed by atoms with Crippen molar-refractivity contribution in [3.8, 4) is 11.5 Å². The Morgan fingerprint density at radius 3 is 2.67 bits per heavy atom. The van der Waals surface area contributed by atoms with E-state index in [2.05, 4.69) is 5.32 Å². The van der Waals surface area contributed by atoms with Crippen LogP contribution in [0.1, 0.15) is 11.1 Å². The average Bonchev–Trinajstić information content (AvgIpc) is 2.74. The van der Waals surface area contributed by atoms with Crippen LogP contribution in [0.2, 0.25) is 0 Å². The van der Waals surface area contributed by atoms with Crippen LogP contribution in [-0.2, 0) is 20.9 Å². The number of para-hydroxylation sites is 1. The van der Waals surface area contributed by atoms with Gasteiger partial charge in [0.1, 0.15) is 17.1 Å². The largest absolute Gasteiger partial charge is 0.496 e. The topological polar surface area (TPSA) is 104 Å². The lowest BCUT2D eigenvalue weighted by molar-refractivity contribution is -0.150. The van der Waals surface area contributed by atoms with Gasteiger partial charge in [-0.15, -0.1) is 0 Å². The molecule has 0 saturated heterocycles. The molecule has 3 aromatic rings. The van der Waals surface area contributed by atoms with Crippen LogP contribution in [-0.4, -0.2) is 32.2 Å². The van der Waals surface area contributed by atoms with Crippen molar-refractivity contribution in [2.75, 3.05) is 20.3 Å². The van der Waals surface area contributed by atoms with E-state index >= 15 is 0 Å². The number of fused-ring (bicyclic) bond motifs is 1. The van der Waals surface area contributed by atoms with Gasteiger partial charge in [-0.3, -0.25) is 4.79 Å². The molecule has 30 heavy (non-hydrogen) atoms. The first-order valence-electron chi connectivity index (χ1n) is 9.18. The Bertz CT molecular complexity index is 1120. The Kier molecular flexibility index (Phi) is 6.69. The van der Waals surface area contributed by atoms with E-state index in [9.17, 15) is 14.4 Å². The molecule has 0 aliphatic heterocycles. The minimum Gasteiger partial charge on any atom is -0.496 e. The van der Waals surface area contributed by atoms with Gasteiger partial charge in [0.25, 0.3) is 5.91 Å². The van der Waals surface area contributed by atoms with Crippen LogP contribution in [0.4, 0.5) is 0 Å². The SMILES string of the molecule is COc1ccccc1CNC(=O)COC(=O)COc1ccc2c(C)cc(=O)oc2c1. The van der Waals surface area contributed by atoms with Gasteiger partial charge in [0, 0.05) is 29.6 Å². The van der Waals surface area contributed by atoms with Gasteiger partial charge in [0.2, 0.25) is 0 Å². The van der Waals surface area contributed by atoms with Gasteiger partial charge < -0.3 is 23.9 Å². The molecule has 0 spiro atoms. The molecular weight excluding hydrogens is 390 g/mol. The van der Waals surface area contributed by atoms with E-state index in [4.69, 9.17) is 18.6 Å². The van der Waals surface area contributed by atoms with Crippen molar-refractivity contribution in [2.24, 2.45) is 0 Å². The first-order valence-corrected chi connectivity index (χ1v) is 9.18. The van der Waals surface area contributed by atoms with E-state index in [-0.39, 0.29) is 13.2 Å². The molecule has 0 aliphatic carbocycles. The summed E-state index contributed by atoms with van der Waals surface area (Å²) in [5.74, 6) is -0.149. The Morgan fingerprint density at radius 1 is 1.07 bits per heavy atom. The third-order valence-electron chi connectivity index (χ3n) is 4.31. The molecule has 3 rings (SSSR count). The molecule has 1 N–H and O–H groups in total. The van der Waals surface area contributed by atoms with Crippen molar-refractivity contribution in [1.82, 2.24) is 5.32 Å². The maximum Gasteiger partial charge on any atom is 0.344 e. The molecule has 0 fully saturated rings. The first kappa shape index (κ1) is 20.9. The van der Waals surface area contributed by atoms with Gasteiger partial charge in [-0.25, -0.2) is 9.59 Å². The van der Waals surface area contributed by atoms with Gasteiger partial charge in [-0.05, 0) is 30.7 Å². The molecule has 0 unspecified atom stereocenters. The Balaban J connectivity index is 1.46. The number of hydrogen-bond acceptors (Lipinski definition) is 7. The maximum absolute atomic E-state index is 11.9. The number of ether oxygens (including phenoxy) is 3. The summed E-state index contributed by atoms with van der Waals surface area (Å²) in [5.41, 5.74) is 1.49. The zero-order valence-corrected chi connectivity index (χ0v) is 16.6. The zero-order valence-electron chi connectivity index (χ0n) is 16.6. The number of aryl methyl sites for hydroxylation is 1. The Labute approximate surface area is 172 Å². The molecule has 156 valence electrons. The first-order chi connectivity index (χ1) is 14.5. The van der Waals surface area contributed by atoms with Crippen molar-refractivity contribution >= 4 is 22.8 Å². The third-order valence-corrected chi connectivity index (χ3v) is 4.31. The monoisotopic (exact) mass is 411 g/mol. The smallest absolute Gasteiger partial charge is 0.344 e. The highest BCUT2D eigenvalue weighted by molar-refractivity contribution is 5.82. The number of carbonyl (C=O) groups excluding carboxylic acids is 2. The number of benzene rings is 2. The molecule has 8 nitrogen and oxygen atoms in total. The van der Waals surface area contributed by atoms with Crippen molar-refractivity contribution in [3.63, 3.8) is 0 Å². The number of esters is 1. The molecule has 0 radical (unpaired) electrons. The summed E-state index contributed by atoms with van der Waals surface area (Å²) in [6.45, 7) is 1.24. The molecule has 0 saturated carbocycles. The standard InChI is InChI=1S/C22H21NO7/c1-14-9-21(25)30-19-10-16(7-8-17(14)19)28-13-22(26)29-12-20(24)23-11-15-5-3-4-6-18(15)27-2/h3-10H,11-13H2,1-2H3,(H,23,24). The second kappa shape index (κ2) is 9.60. The highest BCUT2D eigenvalue weighted by Gasteiger charge is 2.11. The summed E-state index contributed by atoms with van der Waals surface area (Å²) in [4.78, 5) is 35.2. The van der Waals surface area contributed by atoms with Crippen molar-refractivity contribution in [3.05, 3.63) is 70.1 Å². The van der Waals surface area contributed by atoms with Crippen LogP contribution < -0.4 is 20.4 Å². The summed E-state index contributed by atoms with van der Waals surface area (Å²) >= 11 is 0. The summed E-state index contributed by atoms with van der Waals surface area (Å²) in [6, 6.07) is 13.6. The number of rotatable bonds is 8. The molecule has 0 bridgehead atoms. The van der Waals surface area contributed by atoms with Gasteiger partial charge in [0.15, 0.2) is 13.2 Å². The van der Waals surface area contributed by atoms with Crippen LogP contribution >= 0.6 is 0 Å². The van der Waals surface area contributed by atoms with E-state index in [0.717, 1.165) is 16.5 Å². The van der Waals surface area contributed by atoms with Crippen molar-refractivity contribution < 1.29 is 28.2 Å². The lowest BCUT2D eigenvalue weighted by Gasteiger charge is -2.10. The molecule has 0 atom stereocenters. The fourth-order valence-corrected chi connectivity index (χ4v) is 2.82. The minimum atomic E-state index is -0.701. The number of methoxy groups -OCH3 is 1. The number of carbonyl (C=O) groups is 2. The van der Waals surface area contributed by atoms with E-state index in [1.165, 1.54) is 12.1 Å². The molecule has 1 aromatic heterocycles. The highest BCUT2D eigenvalue weighted by atomic mass is 16.6. The summed E-state index contributed by atoms with van der Waals surface area (Å²) in [5, 5.41) is 3.43. The van der Waals surface area contributed by atoms with Crippen molar-refractivity contribution in [1.29, 1.82) is 0 Å². The lowest BCUT2D eigenvalue weighted by Crippen LogP contribution is -2.29. The number of hydrogen-bond donors (Lipinski definition) is 1. The van der Waals surface area contributed by atoms with Crippen LogP contribution in [0.5, 0.6) is 11.5 Å². The molecule has 0 aliphatic rings. The third kappa shape index (κ3) is 5.38. The molecule has 8 heteroatoms. The maximum atomic E-state index is 11.9. The predicted octanol–water partition coefficient (Wildman–Crippen LogP) is 2.35. The van der Waals surface area contributed by atoms with E-state index < -0.39 is 24.1 Å². The van der Waals surface area contributed by atoms with Gasteiger partial charge in [-0.1, -0.05) is 18.2 Å².